The van der Waals surface area contributed by atoms with Gasteiger partial charge < -0.3 is 14.8 Å². The van der Waals surface area contributed by atoms with Gasteiger partial charge in [0.1, 0.15) is 5.82 Å². The predicted octanol–water partition coefficient (Wildman–Crippen LogP) is 2.74. The molecule has 0 atom stereocenters. The minimum absolute atomic E-state index is 0.0475. The van der Waals surface area contributed by atoms with Crippen molar-refractivity contribution in [2.45, 2.75) is 6.54 Å². The zero-order valence-electron chi connectivity index (χ0n) is 13.8. The first-order chi connectivity index (χ1) is 12.4. The van der Waals surface area contributed by atoms with Gasteiger partial charge in [-0.25, -0.2) is 14.0 Å². The van der Waals surface area contributed by atoms with Crippen LogP contribution in [0.4, 0.5) is 4.39 Å². The zero-order chi connectivity index (χ0) is 19.1. The Morgan fingerprint density at radius 1 is 1.08 bits per heavy atom. The van der Waals surface area contributed by atoms with Crippen LogP contribution in [-0.4, -0.2) is 31.6 Å². The Labute approximate surface area is 153 Å². The molecule has 0 aliphatic heterocycles. The summed E-state index contributed by atoms with van der Waals surface area (Å²) in [5.41, 5.74) is 0.910. The molecule has 136 valence electrons. The lowest BCUT2D eigenvalue weighted by atomic mass is 10.1. The van der Waals surface area contributed by atoms with Gasteiger partial charge >= 0.3 is 11.9 Å². The molecule has 0 saturated heterocycles. The molecule has 2 aromatic carbocycles. The standard InChI is InChI=1S/C18H15ClFNO5/c1-25-17(23)12-3-2-4-13(8-12)18(24)26-10-16(22)21-9-11-5-6-15(20)14(19)7-11/h2-8H,9-10H2,1H3,(H,21,22). The Morgan fingerprint density at radius 2 is 1.77 bits per heavy atom. The number of amides is 1. The van der Waals surface area contributed by atoms with Gasteiger partial charge in [-0.1, -0.05) is 23.7 Å². The van der Waals surface area contributed by atoms with Crippen molar-refractivity contribution >= 4 is 29.4 Å². The van der Waals surface area contributed by atoms with Crippen LogP contribution in [0.2, 0.25) is 5.02 Å². The molecule has 0 unspecified atom stereocenters. The van der Waals surface area contributed by atoms with Crippen LogP contribution in [0.5, 0.6) is 0 Å². The van der Waals surface area contributed by atoms with Crippen LogP contribution in [0.15, 0.2) is 42.5 Å². The number of hydrogen-bond acceptors (Lipinski definition) is 5. The SMILES string of the molecule is COC(=O)c1cccc(C(=O)OCC(=O)NCc2ccc(F)c(Cl)c2)c1. The number of hydrogen-bond donors (Lipinski definition) is 1. The molecule has 0 aliphatic rings. The van der Waals surface area contributed by atoms with Gasteiger partial charge in [-0.15, -0.1) is 0 Å². The number of carbonyl (C=O) groups is 3. The summed E-state index contributed by atoms with van der Waals surface area (Å²) in [5, 5.41) is 2.47. The summed E-state index contributed by atoms with van der Waals surface area (Å²) >= 11 is 5.66. The van der Waals surface area contributed by atoms with Crippen molar-refractivity contribution in [1.82, 2.24) is 5.32 Å². The molecule has 6 nitrogen and oxygen atoms in total. The van der Waals surface area contributed by atoms with E-state index >= 15 is 0 Å². The molecule has 2 aromatic rings. The van der Waals surface area contributed by atoms with Crippen molar-refractivity contribution in [2.24, 2.45) is 0 Å². The van der Waals surface area contributed by atoms with E-state index in [9.17, 15) is 18.8 Å². The lowest BCUT2D eigenvalue weighted by Gasteiger charge is -2.08. The van der Waals surface area contributed by atoms with E-state index in [2.05, 4.69) is 10.1 Å². The summed E-state index contributed by atoms with van der Waals surface area (Å²) in [7, 11) is 1.23. The highest BCUT2D eigenvalue weighted by Crippen LogP contribution is 2.15. The van der Waals surface area contributed by atoms with Crippen molar-refractivity contribution in [3.05, 3.63) is 70.0 Å². The first-order valence-electron chi connectivity index (χ1n) is 7.47. The van der Waals surface area contributed by atoms with E-state index in [-0.39, 0.29) is 22.7 Å². The highest BCUT2D eigenvalue weighted by atomic mass is 35.5. The lowest BCUT2D eigenvalue weighted by Crippen LogP contribution is -2.28. The Bertz CT molecular complexity index is 840. The normalized spacial score (nSPS) is 10.1. The molecule has 8 heteroatoms. The maximum atomic E-state index is 13.1. The van der Waals surface area contributed by atoms with Gasteiger partial charge in [0.25, 0.3) is 5.91 Å². The third-order valence-corrected chi connectivity index (χ3v) is 3.62. The number of esters is 2. The molecule has 26 heavy (non-hydrogen) atoms. The monoisotopic (exact) mass is 379 g/mol. The van der Waals surface area contributed by atoms with Gasteiger partial charge in [0.15, 0.2) is 6.61 Å². The van der Waals surface area contributed by atoms with Crippen LogP contribution < -0.4 is 5.32 Å². The summed E-state index contributed by atoms with van der Waals surface area (Å²) in [6, 6.07) is 9.82. The number of ether oxygens (including phenoxy) is 2. The lowest BCUT2D eigenvalue weighted by molar-refractivity contribution is -0.124. The van der Waals surface area contributed by atoms with Crippen LogP contribution in [0.1, 0.15) is 26.3 Å². The van der Waals surface area contributed by atoms with Crippen LogP contribution >= 0.6 is 11.6 Å². The van der Waals surface area contributed by atoms with Gasteiger partial charge in [-0.3, -0.25) is 4.79 Å². The van der Waals surface area contributed by atoms with Crippen molar-refractivity contribution < 1.29 is 28.2 Å². The van der Waals surface area contributed by atoms with E-state index in [0.29, 0.717) is 5.56 Å². The first-order valence-corrected chi connectivity index (χ1v) is 7.84. The molecule has 0 radical (unpaired) electrons. The number of nitrogens with one attached hydrogen (secondary N) is 1. The van der Waals surface area contributed by atoms with E-state index in [1.807, 2.05) is 0 Å². The fourth-order valence-electron chi connectivity index (χ4n) is 2.01. The van der Waals surface area contributed by atoms with Crippen molar-refractivity contribution in [3.63, 3.8) is 0 Å². The first kappa shape index (κ1) is 19.4. The highest BCUT2D eigenvalue weighted by molar-refractivity contribution is 6.30. The van der Waals surface area contributed by atoms with Gasteiger partial charge in [0, 0.05) is 6.54 Å². The van der Waals surface area contributed by atoms with E-state index in [1.165, 1.54) is 49.6 Å². The molecule has 0 saturated carbocycles. The van der Waals surface area contributed by atoms with Crippen LogP contribution in [0, 0.1) is 5.82 Å². The zero-order valence-corrected chi connectivity index (χ0v) is 14.5. The molecule has 0 spiro atoms. The molecular weight excluding hydrogens is 365 g/mol. The van der Waals surface area contributed by atoms with E-state index in [4.69, 9.17) is 16.3 Å². The summed E-state index contributed by atoms with van der Waals surface area (Å²) in [6.45, 7) is -0.398. The summed E-state index contributed by atoms with van der Waals surface area (Å²) in [4.78, 5) is 35.2. The average molecular weight is 380 g/mol. The quantitative estimate of drug-likeness (QED) is 0.780. The van der Waals surface area contributed by atoms with Crippen molar-refractivity contribution in [1.29, 1.82) is 0 Å². The van der Waals surface area contributed by atoms with Crippen molar-refractivity contribution in [2.75, 3.05) is 13.7 Å². The van der Waals surface area contributed by atoms with Crippen LogP contribution in [-0.2, 0) is 20.8 Å². The van der Waals surface area contributed by atoms with Gasteiger partial charge in [-0.2, -0.15) is 0 Å². The summed E-state index contributed by atoms with van der Waals surface area (Å²) < 4.78 is 22.5. The summed E-state index contributed by atoms with van der Waals surface area (Å²) in [5.74, 6) is -2.43. The Kier molecular flexibility index (Phi) is 6.68. The fraction of sp³-hybridized carbons (Fsp3) is 0.167. The number of benzene rings is 2. The second-order valence-corrected chi connectivity index (χ2v) is 5.58. The number of rotatable bonds is 6. The number of methoxy groups -OCH3 is 1. The molecule has 0 aromatic heterocycles. The third kappa shape index (κ3) is 5.29. The maximum Gasteiger partial charge on any atom is 0.338 e. The van der Waals surface area contributed by atoms with Gasteiger partial charge in [-0.05, 0) is 35.9 Å². The van der Waals surface area contributed by atoms with Gasteiger partial charge in [0.2, 0.25) is 0 Å². The van der Waals surface area contributed by atoms with E-state index in [1.54, 1.807) is 0 Å². The van der Waals surface area contributed by atoms with Crippen molar-refractivity contribution in [3.8, 4) is 0 Å². The summed E-state index contributed by atoms with van der Waals surface area (Å²) in [6.07, 6.45) is 0. The second-order valence-electron chi connectivity index (χ2n) is 5.17. The topological polar surface area (TPSA) is 81.7 Å². The third-order valence-electron chi connectivity index (χ3n) is 3.33. The van der Waals surface area contributed by atoms with E-state index in [0.717, 1.165) is 0 Å². The van der Waals surface area contributed by atoms with Crippen LogP contribution in [0.25, 0.3) is 0 Å². The van der Waals surface area contributed by atoms with E-state index < -0.39 is 30.3 Å². The Hall–Kier alpha value is -2.93. The molecule has 2 rings (SSSR count). The molecule has 1 N–H and O–H groups in total. The Balaban J connectivity index is 1.85. The molecular formula is C18H15ClFNO5. The maximum absolute atomic E-state index is 13.1. The minimum atomic E-state index is -0.754. The molecule has 0 aliphatic carbocycles. The smallest absolute Gasteiger partial charge is 0.338 e. The molecule has 1 amide bonds. The fourth-order valence-corrected chi connectivity index (χ4v) is 2.21. The molecule has 0 fully saturated rings. The number of carbonyl (C=O) groups excluding carboxylic acids is 3. The number of halogens is 2. The molecule has 0 heterocycles. The second kappa shape index (κ2) is 8.96. The van der Waals surface area contributed by atoms with Gasteiger partial charge in [0.05, 0.1) is 23.3 Å². The van der Waals surface area contributed by atoms with Crippen LogP contribution in [0.3, 0.4) is 0 Å². The minimum Gasteiger partial charge on any atom is -0.465 e. The predicted molar refractivity (Wildman–Crippen MR) is 91.3 cm³/mol. The largest absolute Gasteiger partial charge is 0.465 e. The Morgan fingerprint density at radius 3 is 2.42 bits per heavy atom. The highest BCUT2D eigenvalue weighted by Gasteiger charge is 2.13. The average Bonchev–Trinajstić information content (AvgIpc) is 2.66. The molecule has 0 bridgehead atoms.